The number of halogens is 2. The number of aryl methyl sites for hydroxylation is 1. The predicted molar refractivity (Wildman–Crippen MR) is 143 cm³/mol. The van der Waals surface area contributed by atoms with Crippen molar-refractivity contribution in [2.45, 2.75) is 32.9 Å². The zero-order valence-electron chi connectivity index (χ0n) is 22.1. The number of nitrogens with zero attached hydrogens (tertiary/aromatic N) is 7. The number of amides is 1. The Kier molecular flexibility index (Phi) is 7.57. The van der Waals surface area contributed by atoms with Crippen LogP contribution in [0.1, 0.15) is 19.8 Å². The van der Waals surface area contributed by atoms with Crippen LogP contribution in [0.25, 0.3) is 11.4 Å². The van der Waals surface area contributed by atoms with Crippen molar-refractivity contribution in [2.75, 3.05) is 48.4 Å². The molecular formula is C25H30F2N8O4S. The Balaban J connectivity index is 1.39. The van der Waals surface area contributed by atoms with Gasteiger partial charge in [0.05, 0.1) is 24.1 Å². The number of carbonyl (C=O) groups is 1. The number of rotatable bonds is 9. The van der Waals surface area contributed by atoms with Gasteiger partial charge in [0.25, 0.3) is 0 Å². The van der Waals surface area contributed by atoms with E-state index in [9.17, 15) is 22.0 Å². The Bertz CT molecular complexity index is 1480. The summed E-state index contributed by atoms with van der Waals surface area (Å²) in [6, 6.07) is 4.44. The topological polar surface area (TPSA) is 135 Å². The molecule has 1 spiro atoms. The highest BCUT2D eigenvalue weighted by Gasteiger charge is 2.45. The Morgan fingerprint density at radius 3 is 2.60 bits per heavy atom. The molecule has 5 heterocycles. The maximum Gasteiger partial charge on any atom is 0.387 e. The largest absolute Gasteiger partial charge is 0.435 e. The lowest BCUT2D eigenvalue weighted by molar-refractivity contribution is -0.131. The second-order valence-corrected chi connectivity index (χ2v) is 12.6. The molecule has 5 rings (SSSR count). The fraction of sp³-hybridized carbons (Fsp3) is 0.480. The zero-order chi connectivity index (χ0) is 28.5. The maximum absolute atomic E-state index is 12.7. The molecule has 1 amide bonds. The Hall–Kier alpha value is -3.88. The van der Waals surface area contributed by atoms with Crippen molar-refractivity contribution >= 4 is 33.2 Å². The third kappa shape index (κ3) is 6.63. The summed E-state index contributed by atoms with van der Waals surface area (Å²) in [5, 5.41) is 7.30. The van der Waals surface area contributed by atoms with Crippen LogP contribution in [0.4, 0.5) is 26.2 Å². The predicted octanol–water partition coefficient (Wildman–Crippen LogP) is 2.57. The standard InChI is InChI=1S/C25H30F2N8O4S/c1-17(36)33-7-4-25(5-8-33)15-34(16-25)22-12-21(30-20-11-19(3-6-28-20)39-24(26)27)31-23(32-22)18-13-29-35(14-18)9-10-40(2,37)38/h3,6,11-14,24H,4-5,7-10,15-16H2,1-2H3,(H,28,30,31,32). The van der Waals surface area contributed by atoms with Crippen molar-refractivity contribution in [1.82, 2.24) is 29.6 Å². The highest BCUT2D eigenvalue weighted by atomic mass is 32.2. The average molecular weight is 577 g/mol. The van der Waals surface area contributed by atoms with Crippen molar-refractivity contribution in [2.24, 2.45) is 5.41 Å². The molecule has 3 aromatic rings. The van der Waals surface area contributed by atoms with Gasteiger partial charge >= 0.3 is 6.61 Å². The second-order valence-electron chi connectivity index (χ2n) is 10.3. The zero-order valence-corrected chi connectivity index (χ0v) is 22.9. The van der Waals surface area contributed by atoms with Crippen LogP contribution in [-0.4, -0.2) is 88.8 Å². The number of alkyl halides is 2. The minimum Gasteiger partial charge on any atom is -0.435 e. The molecule has 12 nitrogen and oxygen atoms in total. The summed E-state index contributed by atoms with van der Waals surface area (Å²) in [7, 11) is -3.16. The molecule has 2 aliphatic rings. The Morgan fingerprint density at radius 1 is 1.18 bits per heavy atom. The lowest BCUT2D eigenvalue weighted by Gasteiger charge is -2.54. The summed E-state index contributed by atoms with van der Waals surface area (Å²) in [4.78, 5) is 29.3. The number of anilines is 3. The van der Waals surface area contributed by atoms with E-state index < -0.39 is 16.4 Å². The number of piperidine rings is 1. The lowest BCUT2D eigenvalue weighted by Crippen LogP contribution is -2.61. The van der Waals surface area contributed by atoms with Gasteiger partial charge < -0.3 is 19.9 Å². The smallest absolute Gasteiger partial charge is 0.387 e. The molecule has 1 N–H and O–H groups in total. The fourth-order valence-electron chi connectivity index (χ4n) is 4.97. The van der Waals surface area contributed by atoms with Gasteiger partial charge in [0.15, 0.2) is 5.82 Å². The molecule has 0 saturated carbocycles. The SMILES string of the molecule is CC(=O)N1CCC2(CC1)CN(c1cc(Nc3cc(OC(F)F)ccn3)nc(-c3cnn(CCS(C)(=O)=O)c3)n1)C2. The van der Waals surface area contributed by atoms with Gasteiger partial charge in [0.2, 0.25) is 5.91 Å². The Labute approximate surface area is 230 Å². The highest BCUT2D eigenvalue weighted by Crippen LogP contribution is 2.42. The third-order valence-corrected chi connectivity index (χ3v) is 8.08. The number of sulfone groups is 1. The second kappa shape index (κ2) is 10.9. The van der Waals surface area contributed by atoms with Gasteiger partial charge in [-0.3, -0.25) is 9.48 Å². The van der Waals surface area contributed by atoms with Gasteiger partial charge in [-0.25, -0.2) is 23.4 Å². The molecule has 2 fully saturated rings. The molecule has 0 aromatic carbocycles. The summed E-state index contributed by atoms with van der Waals surface area (Å²) in [6.45, 7) is 1.84. The van der Waals surface area contributed by atoms with Crippen LogP contribution in [0, 0.1) is 5.41 Å². The minimum atomic E-state index is -3.16. The molecule has 2 aliphatic heterocycles. The van der Waals surface area contributed by atoms with E-state index in [4.69, 9.17) is 4.98 Å². The van der Waals surface area contributed by atoms with Crippen molar-refractivity contribution < 1.29 is 26.7 Å². The van der Waals surface area contributed by atoms with Crippen molar-refractivity contribution in [3.8, 4) is 17.1 Å². The maximum atomic E-state index is 12.7. The first-order chi connectivity index (χ1) is 19.0. The van der Waals surface area contributed by atoms with E-state index in [1.54, 1.807) is 25.4 Å². The van der Waals surface area contributed by atoms with Gasteiger partial charge in [0.1, 0.15) is 33.0 Å². The van der Waals surface area contributed by atoms with E-state index >= 15 is 0 Å². The first-order valence-corrected chi connectivity index (χ1v) is 14.8. The van der Waals surface area contributed by atoms with E-state index in [1.165, 1.54) is 29.3 Å². The molecule has 0 radical (unpaired) electrons. The van der Waals surface area contributed by atoms with E-state index in [0.717, 1.165) is 39.0 Å². The van der Waals surface area contributed by atoms with Crippen LogP contribution in [-0.2, 0) is 21.2 Å². The molecular weight excluding hydrogens is 546 g/mol. The molecule has 0 aliphatic carbocycles. The van der Waals surface area contributed by atoms with Gasteiger partial charge in [-0.1, -0.05) is 0 Å². The fourth-order valence-corrected chi connectivity index (χ4v) is 5.49. The number of likely N-dealkylation sites (tertiary alicyclic amines) is 1. The molecule has 3 aromatic heterocycles. The van der Waals surface area contributed by atoms with Gasteiger partial charge in [-0.05, 0) is 18.9 Å². The van der Waals surface area contributed by atoms with E-state index in [1.807, 2.05) is 4.90 Å². The third-order valence-electron chi connectivity index (χ3n) is 7.15. The molecule has 0 unspecified atom stereocenters. The van der Waals surface area contributed by atoms with Crippen LogP contribution in [0.5, 0.6) is 5.75 Å². The summed E-state index contributed by atoms with van der Waals surface area (Å²) in [6.07, 6.45) is 7.59. The van der Waals surface area contributed by atoms with Gasteiger partial charge in [0, 0.05) is 69.3 Å². The van der Waals surface area contributed by atoms with Crippen LogP contribution in [0.15, 0.2) is 36.8 Å². The molecule has 2 saturated heterocycles. The summed E-state index contributed by atoms with van der Waals surface area (Å²) in [5.74, 6) is 1.66. The number of nitrogens with one attached hydrogen (secondary N) is 1. The number of hydrogen-bond acceptors (Lipinski definition) is 10. The number of pyridine rings is 1. The molecule has 0 atom stereocenters. The summed E-state index contributed by atoms with van der Waals surface area (Å²) >= 11 is 0. The van der Waals surface area contributed by atoms with Crippen LogP contribution >= 0.6 is 0 Å². The first kappa shape index (κ1) is 27.7. The van der Waals surface area contributed by atoms with Crippen LogP contribution in [0.3, 0.4) is 0 Å². The molecule has 40 heavy (non-hydrogen) atoms. The van der Waals surface area contributed by atoms with Crippen molar-refractivity contribution in [3.63, 3.8) is 0 Å². The van der Waals surface area contributed by atoms with Crippen molar-refractivity contribution in [1.29, 1.82) is 0 Å². The number of ether oxygens (including phenoxy) is 1. The monoisotopic (exact) mass is 576 g/mol. The first-order valence-electron chi connectivity index (χ1n) is 12.7. The number of carbonyl (C=O) groups excluding carboxylic acids is 1. The molecule has 214 valence electrons. The van der Waals surface area contributed by atoms with Crippen LogP contribution in [0.2, 0.25) is 0 Å². The van der Waals surface area contributed by atoms with Crippen molar-refractivity contribution in [3.05, 3.63) is 36.8 Å². The summed E-state index contributed by atoms with van der Waals surface area (Å²) in [5.41, 5.74) is 0.704. The van der Waals surface area contributed by atoms with E-state index in [2.05, 4.69) is 30.0 Å². The van der Waals surface area contributed by atoms with Gasteiger partial charge in [-0.15, -0.1) is 0 Å². The van der Waals surface area contributed by atoms with Crippen LogP contribution < -0.4 is 15.0 Å². The number of aromatic nitrogens is 5. The quantitative estimate of drug-likeness (QED) is 0.405. The Morgan fingerprint density at radius 2 is 1.93 bits per heavy atom. The average Bonchev–Trinajstić information content (AvgIpc) is 3.35. The molecule has 0 bridgehead atoms. The van der Waals surface area contributed by atoms with E-state index in [0.29, 0.717) is 23.0 Å². The summed E-state index contributed by atoms with van der Waals surface area (Å²) < 4.78 is 54.5. The minimum absolute atomic E-state index is 0.0456. The lowest BCUT2D eigenvalue weighted by atomic mass is 9.72. The van der Waals surface area contributed by atoms with Gasteiger partial charge in [-0.2, -0.15) is 13.9 Å². The van der Waals surface area contributed by atoms with E-state index in [-0.39, 0.29) is 35.2 Å². The molecule has 15 heteroatoms. The normalized spacial score (nSPS) is 16.7. The highest BCUT2D eigenvalue weighted by molar-refractivity contribution is 7.90. The number of hydrogen-bond donors (Lipinski definition) is 1.